The van der Waals surface area contributed by atoms with Crippen LogP contribution in [0.1, 0.15) is 27.7 Å². The van der Waals surface area contributed by atoms with Crippen LogP contribution >= 0.6 is 0 Å². The molecule has 5 heteroatoms. The second-order valence-corrected chi connectivity index (χ2v) is 4.78. The van der Waals surface area contributed by atoms with Crippen LogP contribution in [0, 0.1) is 5.21 Å². The van der Waals surface area contributed by atoms with Gasteiger partial charge < -0.3 is 14.9 Å². The summed E-state index contributed by atoms with van der Waals surface area (Å²) in [5.41, 5.74) is 1.33. The van der Waals surface area contributed by atoms with Crippen LogP contribution in [0.15, 0.2) is 77.7 Å². The fourth-order valence-corrected chi connectivity index (χ4v) is 2.20. The van der Waals surface area contributed by atoms with Crippen molar-refractivity contribution in [3.05, 3.63) is 95.3 Å². The Hall–Kier alpha value is -3.08. The number of hydrogen-bond acceptors (Lipinski definition) is 3. The summed E-state index contributed by atoms with van der Waals surface area (Å²) in [4.78, 5) is 12.4. The van der Waals surface area contributed by atoms with Crippen molar-refractivity contribution in [2.75, 3.05) is 0 Å². The van der Waals surface area contributed by atoms with Crippen molar-refractivity contribution in [3.8, 4) is 0 Å². The van der Waals surface area contributed by atoms with E-state index < -0.39 is 0 Å². The Balaban J connectivity index is 1.87. The lowest BCUT2D eigenvalue weighted by molar-refractivity contribution is -0.605. The van der Waals surface area contributed by atoms with E-state index in [9.17, 15) is 10.0 Å². The number of nitrogens with zero attached hydrogens (tertiary/aromatic N) is 1. The van der Waals surface area contributed by atoms with Gasteiger partial charge in [-0.1, -0.05) is 30.3 Å². The number of hydrogen-bond donors (Lipinski definition) is 1. The van der Waals surface area contributed by atoms with Crippen molar-refractivity contribution >= 4 is 5.91 Å². The molecule has 1 unspecified atom stereocenters. The molecule has 3 aromatic rings. The molecule has 1 N–H and O–H groups in total. The fraction of sp³-hybridized carbons (Fsp3) is 0.0588. The molecular formula is C17H14N2O3. The molecule has 1 amide bonds. The lowest BCUT2D eigenvalue weighted by Crippen LogP contribution is -2.30. The van der Waals surface area contributed by atoms with E-state index in [4.69, 9.17) is 4.42 Å². The Kier molecular flexibility index (Phi) is 3.87. The van der Waals surface area contributed by atoms with E-state index in [2.05, 4.69) is 5.32 Å². The monoisotopic (exact) mass is 294 g/mol. The van der Waals surface area contributed by atoms with Crippen molar-refractivity contribution in [1.29, 1.82) is 0 Å². The number of carbonyl (C=O) groups is 1. The molecule has 1 atom stereocenters. The van der Waals surface area contributed by atoms with Crippen LogP contribution in [-0.2, 0) is 0 Å². The van der Waals surface area contributed by atoms with Gasteiger partial charge in [0.15, 0.2) is 12.4 Å². The Morgan fingerprint density at radius 1 is 1.05 bits per heavy atom. The minimum absolute atomic E-state index is 0.272. The molecule has 110 valence electrons. The van der Waals surface area contributed by atoms with Gasteiger partial charge in [-0.05, 0) is 17.7 Å². The van der Waals surface area contributed by atoms with Crippen molar-refractivity contribution in [3.63, 3.8) is 0 Å². The second kappa shape index (κ2) is 6.13. The van der Waals surface area contributed by atoms with Crippen molar-refractivity contribution in [1.82, 2.24) is 5.32 Å². The molecule has 0 fully saturated rings. The number of aromatic nitrogens is 1. The molecule has 3 rings (SSSR count). The number of carbonyl (C=O) groups excluding carboxylic acids is 1. The SMILES string of the molecule is O=C(NC(c1ccccc1)c1ccco1)c1cc[n+]([O-])cc1. The zero-order valence-electron chi connectivity index (χ0n) is 11.7. The van der Waals surface area contributed by atoms with Crippen LogP contribution in [0.25, 0.3) is 0 Å². The summed E-state index contributed by atoms with van der Waals surface area (Å²) in [7, 11) is 0. The second-order valence-electron chi connectivity index (χ2n) is 4.78. The highest BCUT2D eigenvalue weighted by Gasteiger charge is 2.20. The van der Waals surface area contributed by atoms with Gasteiger partial charge >= 0.3 is 0 Å². The predicted molar refractivity (Wildman–Crippen MR) is 79.9 cm³/mol. The third-order valence-electron chi connectivity index (χ3n) is 3.30. The van der Waals surface area contributed by atoms with Crippen molar-refractivity contribution < 1.29 is 13.9 Å². The third-order valence-corrected chi connectivity index (χ3v) is 3.30. The molecule has 0 aliphatic carbocycles. The van der Waals surface area contributed by atoms with Crippen LogP contribution < -0.4 is 10.0 Å². The third kappa shape index (κ3) is 2.98. The van der Waals surface area contributed by atoms with E-state index in [1.54, 1.807) is 12.3 Å². The molecule has 0 aliphatic heterocycles. The van der Waals surface area contributed by atoms with Gasteiger partial charge in [0.1, 0.15) is 11.8 Å². The largest absolute Gasteiger partial charge is 0.619 e. The van der Waals surface area contributed by atoms with E-state index in [0.29, 0.717) is 16.1 Å². The number of rotatable bonds is 4. The van der Waals surface area contributed by atoms with Gasteiger partial charge in [-0.15, -0.1) is 0 Å². The van der Waals surface area contributed by atoms with Gasteiger partial charge in [0.2, 0.25) is 0 Å². The van der Waals surface area contributed by atoms with Gasteiger partial charge in [0.05, 0.1) is 11.8 Å². The Bertz CT molecular complexity index is 737. The number of nitrogens with one attached hydrogen (secondary N) is 1. The molecule has 2 aromatic heterocycles. The van der Waals surface area contributed by atoms with Gasteiger partial charge in [0.25, 0.3) is 5.91 Å². The highest BCUT2D eigenvalue weighted by molar-refractivity contribution is 5.94. The number of furan rings is 1. The summed E-state index contributed by atoms with van der Waals surface area (Å²) in [5.74, 6) is 0.375. The molecule has 5 nitrogen and oxygen atoms in total. The smallest absolute Gasteiger partial charge is 0.252 e. The summed E-state index contributed by atoms with van der Waals surface area (Å²) >= 11 is 0. The van der Waals surface area contributed by atoms with Gasteiger partial charge in [-0.2, -0.15) is 4.73 Å². The average Bonchev–Trinajstić information content (AvgIpc) is 3.08. The van der Waals surface area contributed by atoms with E-state index in [1.165, 1.54) is 24.5 Å². The standard InChI is InChI=1S/C17H14N2O3/c20-17(14-8-10-19(21)11-9-14)18-16(15-7-4-12-22-15)13-5-2-1-3-6-13/h1-12,16H,(H,18,20). The summed E-state index contributed by atoms with van der Waals surface area (Å²) in [5, 5.41) is 14.0. The number of pyridine rings is 1. The molecule has 0 radical (unpaired) electrons. The summed E-state index contributed by atoms with van der Waals surface area (Å²) < 4.78 is 6.07. The normalized spacial score (nSPS) is 11.8. The molecule has 0 saturated carbocycles. The minimum atomic E-state index is -0.386. The number of amides is 1. The van der Waals surface area contributed by atoms with Gasteiger partial charge in [-0.25, -0.2) is 0 Å². The highest BCUT2D eigenvalue weighted by atomic mass is 16.5. The van der Waals surface area contributed by atoms with Crippen molar-refractivity contribution in [2.45, 2.75) is 6.04 Å². The molecule has 1 aromatic carbocycles. The molecule has 0 bridgehead atoms. The average molecular weight is 294 g/mol. The molecular weight excluding hydrogens is 280 g/mol. The zero-order chi connectivity index (χ0) is 15.4. The molecule has 0 spiro atoms. The maximum Gasteiger partial charge on any atom is 0.252 e. The predicted octanol–water partition coefficient (Wildman–Crippen LogP) is 2.43. The highest BCUT2D eigenvalue weighted by Crippen LogP contribution is 2.22. The fourth-order valence-electron chi connectivity index (χ4n) is 2.20. The first kappa shape index (κ1) is 13.9. The first-order valence-electron chi connectivity index (χ1n) is 6.82. The maximum atomic E-state index is 12.4. The minimum Gasteiger partial charge on any atom is -0.619 e. The lowest BCUT2D eigenvalue weighted by atomic mass is 10.0. The quantitative estimate of drug-likeness (QED) is 0.593. The van der Waals surface area contributed by atoms with Crippen molar-refractivity contribution in [2.24, 2.45) is 0 Å². The Labute approximate surface area is 127 Å². The summed E-state index contributed by atoms with van der Waals surface area (Å²) in [6, 6.07) is 15.7. The zero-order valence-corrected chi connectivity index (χ0v) is 11.7. The summed E-state index contributed by atoms with van der Waals surface area (Å²) in [6.45, 7) is 0. The maximum absolute atomic E-state index is 12.4. The van der Waals surface area contributed by atoms with Crippen LogP contribution in [0.4, 0.5) is 0 Å². The molecule has 0 saturated heterocycles. The van der Waals surface area contributed by atoms with Crippen LogP contribution in [-0.4, -0.2) is 5.91 Å². The number of benzene rings is 1. The van der Waals surface area contributed by atoms with E-state index >= 15 is 0 Å². The van der Waals surface area contributed by atoms with Crippen LogP contribution in [0.3, 0.4) is 0 Å². The topological polar surface area (TPSA) is 69.2 Å². The van der Waals surface area contributed by atoms with E-state index in [-0.39, 0.29) is 11.9 Å². The molecule has 2 heterocycles. The van der Waals surface area contributed by atoms with Crippen LogP contribution in [0.5, 0.6) is 0 Å². The van der Waals surface area contributed by atoms with Gasteiger partial charge in [0, 0.05) is 12.1 Å². The first-order valence-corrected chi connectivity index (χ1v) is 6.82. The Morgan fingerprint density at radius 3 is 2.41 bits per heavy atom. The van der Waals surface area contributed by atoms with E-state index in [0.717, 1.165) is 5.56 Å². The van der Waals surface area contributed by atoms with Gasteiger partial charge in [-0.3, -0.25) is 4.79 Å². The van der Waals surface area contributed by atoms with Crippen LogP contribution in [0.2, 0.25) is 0 Å². The molecule has 22 heavy (non-hydrogen) atoms. The molecule has 0 aliphatic rings. The van der Waals surface area contributed by atoms with E-state index in [1.807, 2.05) is 36.4 Å². The lowest BCUT2D eigenvalue weighted by Gasteiger charge is -2.17. The first-order chi connectivity index (χ1) is 10.7. The summed E-state index contributed by atoms with van der Waals surface area (Å²) in [6.07, 6.45) is 4.15. The Morgan fingerprint density at radius 2 is 1.77 bits per heavy atom.